The Hall–Kier alpha value is -4.99. The number of sulfonamides is 1. The van der Waals surface area contributed by atoms with Gasteiger partial charge in [0.1, 0.15) is 23.2 Å². The maximum Gasteiger partial charge on any atom is 0.418 e. The molecule has 2 aromatic heterocycles. The smallest absolute Gasteiger partial charge is 0.418 e. The van der Waals surface area contributed by atoms with Crippen LogP contribution in [-0.2, 0) is 30.6 Å². The first-order valence-electron chi connectivity index (χ1n) is 18.7. The van der Waals surface area contributed by atoms with Crippen LogP contribution in [0.15, 0.2) is 60.7 Å². The lowest BCUT2D eigenvalue weighted by Crippen LogP contribution is -2.56. The summed E-state index contributed by atoms with van der Waals surface area (Å²) in [6, 6.07) is 11.7. The number of rotatable bonds is 6. The summed E-state index contributed by atoms with van der Waals surface area (Å²) < 4.78 is 77.9. The number of halogens is 3. The number of ether oxygens (including phenoxy) is 1. The molecule has 16 heteroatoms. The van der Waals surface area contributed by atoms with Crippen molar-refractivity contribution in [3.05, 3.63) is 71.8 Å². The molecule has 0 radical (unpaired) electrons. The number of nitrogens with one attached hydrogen (secondary N) is 2. The lowest BCUT2D eigenvalue weighted by Gasteiger charge is -2.26. The number of hydrogen-bond donors (Lipinski definition) is 2. The number of hydrogen-bond acceptors (Lipinski definition) is 8. The molecule has 290 valence electrons. The SMILES string of the molecule is Cc1ccc(-c2cc(O[C@@H]3C[C@H]4C(=O)N[C@]5(C(=O)NS(=O)(=O)C6CC6)C[C@H]5/C=C\CCCCCCC(=O)N4C3)n3nc4c(C(F)(F)F)cccc4c3n2)cc1. The monoisotopic (exact) mass is 778 g/mol. The third-order valence-electron chi connectivity index (χ3n) is 11.0. The lowest BCUT2D eigenvalue weighted by molar-refractivity contribution is -0.139. The molecular formula is C39H41F3N6O6S. The van der Waals surface area contributed by atoms with E-state index in [1.807, 2.05) is 43.3 Å². The first kappa shape index (κ1) is 37.0. The van der Waals surface area contributed by atoms with E-state index < -0.39 is 62.4 Å². The summed E-state index contributed by atoms with van der Waals surface area (Å²) in [5.74, 6) is -2.07. The molecule has 2 N–H and O–H groups in total. The number of aromatic nitrogens is 3. The Labute approximate surface area is 315 Å². The van der Waals surface area contributed by atoms with E-state index in [0.29, 0.717) is 30.5 Å². The summed E-state index contributed by atoms with van der Waals surface area (Å²) in [6.45, 7) is 1.91. The van der Waals surface area contributed by atoms with Gasteiger partial charge in [-0.25, -0.2) is 13.4 Å². The molecule has 4 atom stereocenters. The van der Waals surface area contributed by atoms with E-state index in [9.17, 15) is 36.0 Å². The van der Waals surface area contributed by atoms with E-state index in [-0.39, 0.29) is 54.1 Å². The zero-order valence-electron chi connectivity index (χ0n) is 30.1. The van der Waals surface area contributed by atoms with E-state index in [1.165, 1.54) is 21.5 Å². The van der Waals surface area contributed by atoms with E-state index in [2.05, 4.69) is 15.1 Å². The highest BCUT2D eigenvalue weighted by molar-refractivity contribution is 7.91. The van der Waals surface area contributed by atoms with Crippen LogP contribution in [0.1, 0.15) is 75.3 Å². The molecule has 4 aliphatic rings. The highest BCUT2D eigenvalue weighted by Crippen LogP contribution is 2.46. The maximum atomic E-state index is 14.2. The fourth-order valence-corrected chi connectivity index (χ4v) is 9.07. The highest BCUT2D eigenvalue weighted by atomic mass is 32.2. The fraction of sp³-hybridized carbons (Fsp3) is 0.462. The summed E-state index contributed by atoms with van der Waals surface area (Å²) >= 11 is 0. The van der Waals surface area contributed by atoms with Crippen molar-refractivity contribution in [2.75, 3.05) is 6.54 Å². The summed E-state index contributed by atoms with van der Waals surface area (Å²) in [5.41, 5.74) is -0.489. The van der Waals surface area contributed by atoms with Gasteiger partial charge in [0.2, 0.25) is 27.7 Å². The van der Waals surface area contributed by atoms with Crippen LogP contribution in [0.25, 0.3) is 27.8 Å². The predicted octanol–water partition coefficient (Wildman–Crippen LogP) is 5.62. The van der Waals surface area contributed by atoms with E-state index >= 15 is 0 Å². The Morgan fingerprint density at radius 3 is 2.56 bits per heavy atom. The van der Waals surface area contributed by atoms with Gasteiger partial charge >= 0.3 is 6.18 Å². The first-order valence-corrected chi connectivity index (χ1v) is 20.3. The van der Waals surface area contributed by atoms with Gasteiger partial charge in [0.15, 0.2) is 5.65 Å². The Morgan fingerprint density at radius 2 is 1.82 bits per heavy atom. The molecule has 4 aromatic rings. The third-order valence-corrected chi connectivity index (χ3v) is 12.9. The molecule has 2 saturated carbocycles. The minimum Gasteiger partial charge on any atom is -0.472 e. The van der Waals surface area contributed by atoms with Crippen LogP contribution in [0.5, 0.6) is 5.88 Å². The van der Waals surface area contributed by atoms with Crippen LogP contribution >= 0.6 is 0 Å². The summed E-state index contributed by atoms with van der Waals surface area (Å²) in [5, 5.41) is 6.71. The average Bonchev–Trinajstić information content (AvgIpc) is 4.04. The van der Waals surface area contributed by atoms with Crippen LogP contribution in [0.2, 0.25) is 0 Å². The van der Waals surface area contributed by atoms with Gasteiger partial charge in [0.05, 0.1) is 23.1 Å². The Bertz CT molecular complexity index is 2320. The van der Waals surface area contributed by atoms with Crippen molar-refractivity contribution in [3.63, 3.8) is 0 Å². The van der Waals surface area contributed by atoms with E-state index in [0.717, 1.165) is 37.3 Å². The molecule has 4 heterocycles. The van der Waals surface area contributed by atoms with Crippen molar-refractivity contribution in [1.29, 1.82) is 0 Å². The maximum absolute atomic E-state index is 14.2. The second kappa shape index (κ2) is 13.9. The van der Waals surface area contributed by atoms with Crippen LogP contribution in [0.3, 0.4) is 0 Å². The largest absolute Gasteiger partial charge is 0.472 e. The molecule has 0 spiro atoms. The Morgan fingerprint density at radius 1 is 1.05 bits per heavy atom. The Balaban J connectivity index is 1.14. The summed E-state index contributed by atoms with van der Waals surface area (Å²) in [4.78, 5) is 47.8. The molecule has 1 saturated heterocycles. The second-order valence-electron chi connectivity index (χ2n) is 15.1. The number of fused-ring (bicyclic) bond motifs is 5. The van der Waals surface area contributed by atoms with Crippen molar-refractivity contribution in [2.45, 2.75) is 100 Å². The highest BCUT2D eigenvalue weighted by Gasteiger charge is 2.62. The standard InChI is InChI=1S/C39H41F3N6O6S/c1-23-13-15-24(16-14-23)30-20-33(48-35(43-30)28-10-8-11-29(34(28)45-48)39(40,41)42)54-26-19-31-36(50)44-38(37(51)46-55(52,53)27-17-18-27)21-25(38)9-6-4-2-3-5-7-12-32(49)47(31)22-26/h6,8-11,13-16,20,25-27,31H,2-5,7,12,17-19,21-22H2,1H3,(H,44,50)(H,46,51)/b9-6-/t25-,26-,31+,38-/m1/s1. The number of benzene rings is 2. The van der Waals surface area contributed by atoms with Crippen LogP contribution in [0, 0.1) is 12.8 Å². The van der Waals surface area contributed by atoms with Crippen molar-refractivity contribution in [1.82, 2.24) is 29.5 Å². The van der Waals surface area contributed by atoms with Gasteiger partial charge < -0.3 is 15.0 Å². The predicted molar refractivity (Wildman–Crippen MR) is 196 cm³/mol. The number of alkyl halides is 3. The number of carbonyl (C=O) groups excluding carboxylic acids is 3. The van der Waals surface area contributed by atoms with Crippen molar-refractivity contribution in [3.8, 4) is 17.1 Å². The fourth-order valence-electron chi connectivity index (χ4n) is 7.70. The van der Waals surface area contributed by atoms with Gasteiger partial charge in [-0.05, 0) is 57.6 Å². The lowest BCUT2D eigenvalue weighted by atomic mass is 10.1. The Kier molecular flexibility index (Phi) is 9.37. The van der Waals surface area contributed by atoms with Crippen molar-refractivity contribution >= 4 is 44.3 Å². The van der Waals surface area contributed by atoms with Crippen LogP contribution in [0.4, 0.5) is 13.2 Å². The van der Waals surface area contributed by atoms with E-state index in [1.54, 1.807) is 6.07 Å². The molecule has 55 heavy (non-hydrogen) atoms. The van der Waals surface area contributed by atoms with E-state index in [4.69, 9.17) is 9.72 Å². The topological polar surface area (TPSA) is 152 Å². The molecule has 0 unspecified atom stereocenters. The number of amides is 3. The molecule has 12 nitrogen and oxygen atoms in total. The molecule has 2 aliphatic carbocycles. The summed E-state index contributed by atoms with van der Waals surface area (Å²) in [7, 11) is -3.90. The number of carbonyl (C=O) groups is 3. The van der Waals surface area contributed by atoms with Gasteiger partial charge in [-0.2, -0.15) is 22.8 Å². The van der Waals surface area contributed by atoms with Crippen molar-refractivity contribution < 1.29 is 40.7 Å². The minimum absolute atomic E-state index is 0.00553. The second-order valence-corrected chi connectivity index (χ2v) is 17.1. The normalized spacial score (nSPS) is 25.7. The van der Waals surface area contributed by atoms with Gasteiger partial charge in [-0.1, -0.05) is 60.9 Å². The molecule has 2 aliphatic heterocycles. The molecule has 0 bridgehead atoms. The van der Waals surface area contributed by atoms with Crippen LogP contribution < -0.4 is 14.8 Å². The van der Waals surface area contributed by atoms with Gasteiger partial charge in [0, 0.05) is 35.8 Å². The average molecular weight is 779 g/mol. The molecular weight excluding hydrogens is 738 g/mol. The molecule has 8 rings (SSSR count). The number of nitrogens with zero attached hydrogens (tertiary/aromatic N) is 4. The zero-order chi connectivity index (χ0) is 38.7. The number of allylic oxidation sites excluding steroid dienone is 1. The van der Waals surface area contributed by atoms with Gasteiger partial charge in [-0.15, -0.1) is 0 Å². The van der Waals surface area contributed by atoms with Gasteiger partial charge in [0.25, 0.3) is 5.91 Å². The molecule has 2 aromatic carbocycles. The quantitative estimate of drug-likeness (QED) is 0.240. The van der Waals surface area contributed by atoms with Gasteiger partial charge in [-0.3, -0.25) is 19.1 Å². The first-order chi connectivity index (χ1) is 26.2. The zero-order valence-corrected chi connectivity index (χ0v) is 31.0. The van der Waals surface area contributed by atoms with Crippen molar-refractivity contribution in [2.24, 2.45) is 5.92 Å². The van der Waals surface area contributed by atoms with Crippen LogP contribution in [-0.4, -0.2) is 75.1 Å². The summed E-state index contributed by atoms with van der Waals surface area (Å²) in [6.07, 6.45) is 3.54. The minimum atomic E-state index is -4.68. The molecule has 3 amide bonds. The third kappa shape index (κ3) is 7.28. The number of aryl methyl sites for hydroxylation is 1. The molecule has 3 fully saturated rings.